The molecule has 0 aliphatic heterocycles. The summed E-state index contributed by atoms with van der Waals surface area (Å²) in [7, 11) is 0. The molecule has 0 saturated heterocycles. The second-order valence-corrected chi connectivity index (χ2v) is 12.0. The zero-order valence-corrected chi connectivity index (χ0v) is 27.9. The number of benzene rings is 4. The van der Waals surface area contributed by atoms with Crippen molar-refractivity contribution in [2.75, 3.05) is 26.2 Å². The van der Waals surface area contributed by atoms with Gasteiger partial charge in [0.25, 0.3) is 5.56 Å². The zero-order chi connectivity index (χ0) is 36.9. The Morgan fingerprint density at radius 1 is 0.784 bits per heavy atom. The average Bonchev–Trinajstić information content (AvgIpc) is 3.11. The fraction of sp³-hybridized carbons (Fsp3) is 0.289. The molecule has 4 aromatic carbocycles. The monoisotopic (exact) mass is 712 g/mol. The smallest absolute Gasteiger partial charge is 0.336 e. The van der Waals surface area contributed by atoms with E-state index in [1.54, 1.807) is 29.2 Å². The number of carbonyl (C=O) groups excluding carboxylic acids is 1. The third-order valence-corrected chi connectivity index (χ3v) is 8.86. The molecule has 0 radical (unpaired) electrons. The van der Waals surface area contributed by atoms with Crippen molar-refractivity contribution in [3.05, 3.63) is 135 Å². The lowest BCUT2D eigenvalue weighted by Gasteiger charge is -2.28. The lowest BCUT2D eigenvalue weighted by molar-refractivity contribution is -0.137. The maximum absolute atomic E-state index is 14.6. The molecular formula is C38H35F7N4O2. The van der Waals surface area contributed by atoms with Gasteiger partial charge in [-0.2, -0.15) is 18.2 Å². The van der Waals surface area contributed by atoms with Gasteiger partial charge in [-0.25, -0.2) is 17.6 Å². The van der Waals surface area contributed by atoms with Crippen LogP contribution in [0, 0.1) is 23.3 Å². The van der Waals surface area contributed by atoms with Gasteiger partial charge in [0.1, 0.15) is 18.2 Å². The third kappa shape index (κ3) is 8.83. The number of likely N-dealkylation sites (N-methyl/N-ethyl adjacent to an activating group) is 1. The molecule has 0 aliphatic rings. The molecule has 1 heterocycles. The van der Waals surface area contributed by atoms with Gasteiger partial charge in [0.2, 0.25) is 5.91 Å². The van der Waals surface area contributed by atoms with E-state index in [0.717, 1.165) is 55.1 Å². The summed E-state index contributed by atoms with van der Waals surface area (Å²) in [6, 6.07) is 17.2. The number of amides is 1. The highest BCUT2D eigenvalue weighted by molar-refractivity contribution is 5.82. The number of hydrogen-bond acceptors (Lipinski definition) is 4. The summed E-state index contributed by atoms with van der Waals surface area (Å²) in [5.41, 5.74) is 0.489. The summed E-state index contributed by atoms with van der Waals surface area (Å²) < 4.78 is 97.0. The van der Waals surface area contributed by atoms with Gasteiger partial charge in [0.05, 0.1) is 16.5 Å². The van der Waals surface area contributed by atoms with Gasteiger partial charge in [-0.05, 0) is 78.2 Å². The Balaban J connectivity index is 1.45. The molecule has 0 aliphatic carbocycles. The zero-order valence-electron chi connectivity index (χ0n) is 27.9. The van der Waals surface area contributed by atoms with E-state index >= 15 is 0 Å². The Morgan fingerprint density at radius 2 is 1.43 bits per heavy atom. The van der Waals surface area contributed by atoms with Crippen LogP contribution in [0.1, 0.15) is 36.4 Å². The summed E-state index contributed by atoms with van der Waals surface area (Å²) in [5, 5.41) is 0.0560. The molecule has 5 aromatic rings. The van der Waals surface area contributed by atoms with Crippen molar-refractivity contribution in [2.24, 2.45) is 0 Å². The molecule has 0 fully saturated rings. The molecule has 0 saturated carbocycles. The van der Waals surface area contributed by atoms with Gasteiger partial charge < -0.3 is 14.4 Å². The second-order valence-electron chi connectivity index (χ2n) is 12.0. The van der Waals surface area contributed by atoms with Crippen LogP contribution in [0.4, 0.5) is 30.7 Å². The van der Waals surface area contributed by atoms with Crippen molar-refractivity contribution in [1.82, 2.24) is 19.4 Å². The van der Waals surface area contributed by atoms with Crippen molar-refractivity contribution in [1.29, 1.82) is 0 Å². The first-order valence-corrected chi connectivity index (χ1v) is 16.4. The third-order valence-electron chi connectivity index (χ3n) is 8.86. The molecular weight excluding hydrogens is 677 g/mol. The first-order valence-electron chi connectivity index (χ1n) is 16.4. The van der Waals surface area contributed by atoms with Crippen LogP contribution < -0.4 is 5.56 Å². The lowest BCUT2D eigenvalue weighted by Crippen LogP contribution is -2.40. The van der Waals surface area contributed by atoms with Crippen LogP contribution in [0.25, 0.3) is 22.0 Å². The normalized spacial score (nSPS) is 11.8. The van der Waals surface area contributed by atoms with E-state index in [0.29, 0.717) is 24.2 Å². The average molecular weight is 713 g/mol. The molecule has 0 spiro atoms. The Morgan fingerprint density at radius 3 is 2.06 bits per heavy atom. The molecule has 1 aromatic heterocycles. The quantitative estimate of drug-likeness (QED) is 0.0925. The summed E-state index contributed by atoms with van der Waals surface area (Å²) in [5.74, 6) is -5.40. The maximum atomic E-state index is 14.6. The Kier molecular flexibility index (Phi) is 11.6. The predicted molar refractivity (Wildman–Crippen MR) is 180 cm³/mol. The van der Waals surface area contributed by atoms with Crippen LogP contribution in [0.3, 0.4) is 0 Å². The Labute approximate surface area is 289 Å². The van der Waals surface area contributed by atoms with Gasteiger partial charge in [0.15, 0.2) is 17.5 Å². The molecule has 0 bridgehead atoms. The Bertz CT molecular complexity index is 2060. The van der Waals surface area contributed by atoms with Crippen molar-refractivity contribution >= 4 is 16.8 Å². The molecule has 0 unspecified atom stereocenters. The molecule has 51 heavy (non-hydrogen) atoms. The van der Waals surface area contributed by atoms with E-state index in [-0.39, 0.29) is 48.2 Å². The van der Waals surface area contributed by atoms with Crippen molar-refractivity contribution in [3.8, 4) is 11.1 Å². The standard InChI is InChI=1S/C38H35F7N4O2/c1-3-47(4-2)19-20-48(22-24-5-7-25(8-6-24)26-9-13-28(14-10-26)38(43,44)45)34(50)23-49-32-21-29(39)15-16-30(32)37(51)46-33(49)18-12-27-11-17-31(40)36(42)35(27)41/h5-11,13-17,21H,3-4,12,18-20,22-23H2,1-2H3. The Hall–Kier alpha value is -5.04. The number of carbonyl (C=O) groups is 1. The molecule has 1 amide bonds. The number of aromatic nitrogens is 2. The van der Waals surface area contributed by atoms with Gasteiger partial charge >= 0.3 is 6.18 Å². The van der Waals surface area contributed by atoms with Crippen LogP contribution in [-0.2, 0) is 36.9 Å². The first kappa shape index (κ1) is 37.2. The van der Waals surface area contributed by atoms with Crippen molar-refractivity contribution < 1.29 is 35.5 Å². The second kappa shape index (κ2) is 15.9. The fourth-order valence-corrected chi connectivity index (χ4v) is 5.86. The molecule has 6 nitrogen and oxygen atoms in total. The number of halogens is 7. The number of alkyl halides is 3. The van der Waals surface area contributed by atoms with Crippen molar-refractivity contribution in [2.45, 2.75) is 46.0 Å². The first-order chi connectivity index (χ1) is 24.3. The van der Waals surface area contributed by atoms with Gasteiger partial charge in [-0.3, -0.25) is 9.59 Å². The van der Waals surface area contributed by atoms with Crippen LogP contribution in [-0.4, -0.2) is 51.4 Å². The van der Waals surface area contributed by atoms with E-state index in [2.05, 4.69) is 9.88 Å². The van der Waals surface area contributed by atoms with Crippen LogP contribution in [0.2, 0.25) is 0 Å². The van der Waals surface area contributed by atoms with Crippen molar-refractivity contribution in [3.63, 3.8) is 0 Å². The van der Waals surface area contributed by atoms with Gasteiger partial charge in [-0.15, -0.1) is 0 Å². The minimum Gasteiger partial charge on any atom is -0.336 e. The van der Waals surface area contributed by atoms with E-state index < -0.39 is 46.5 Å². The molecule has 0 N–H and O–H groups in total. The lowest BCUT2D eigenvalue weighted by atomic mass is 10.0. The minimum absolute atomic E-state index is 0.0279. The summed E-state index contributed by atoms with van der Waals surface area (Å²) in [4.78, 5) is 34.9. The topological polar surface area (TPSA) is 58.4 Å². The highest BCUT2D eigenvalue weighted by Gasteiger charge is 2.30. The summed E-state index contributed by atoms with van der Waals surface area (Å²) >= 11 is 0. The predicted octanol–water partition coefficient (Wildman–Crippen LogP) is 7.79. The molecule has 268 valence electrons. The van der Waals surface area contributed by atoms with E-state index in [4.69, 9.17) is 0 Å². The molecule has 5 rings (SSSR count). The SMILES string of the molecule is CCN(CC)CCN(Cc1ccc(-c2ccc(C(F)(F)F)cc2)cc1)C(=O)Cn1c(CCc2ccc(F)c(F)c2F)nc(=O)c2ccc(F)cc21. The largest absolute Gasteiger partial charge is 0.416 e. The fourth-order valence-electron chi connectivity index (χ4n) is 5.86. The number of hydrogen-bond donors (Lipinski definition) is 0. The van der Waals surface area contributed by atoms with Crippen LogP contribution in [0.5, 0.6) is 0 Å². The van der Waals surface area contributed by atoms with Crippen LogP contribution in [0.15, 0.2) is 83.7 Å². The number of nitrogens with zero attached hydrogens (tertiary/aromatic N) is 4. The van der Waals surface area contributed by atoms with Gasteiger partial charge in [-0.1, -0.05) is 56.3 Å². The van der Waals surface area contributed by atoms with E-state index in [1.165, 1.54) is 22.8 Å². The number of aryl methyl sites for hydroxylation is 2. The summed E-state index contributed by atoms with van der Waals surface area (Å²) in [6.45, 7) is 6.07. The molecule has 13 heteroatoms. The van der Waals surface area contributed by atoms with E-state index in [1.807, 2.05) is 13.8 Å². The number of rotatable bonds is 13. The highest BCUT2D eigenvalue weighted by Crippen LogP contribution is 2.31. The number of fused-ring (bicyclic) bond motifs is 1. The van der Waals surface area contributed by atoms with Gasteiger partial charge in [0, 0.05) is 26.1 Å². The molecule has 0 atom stereocenters. The maximum Gasteiger partial charge on any atom is 0.416 e. The van der Waals surface area contributed by atoms with E-state index in [9.17, 15) is 40.3 Å². The highest BCUT2D eigenvalue weighted by atomic mass is 19.4. The summed E-state index contributed by atoms with van der Waals surface area (Å²) in [6.07, 6.45) is -4.79. The minimum atomic E-state index is -4.45. The van der Waals surface area contributed by atoms with Crippen LogP contribution >= 0.6 is 0 Å².